The van der Waals surface area contributed by atoms with Crippen molar-refractivity contribution in [2.45, 2.75) is 33.4 Å². The smallest absolute Gasteiger partial charge is 0.236 e. The molecule has 0 saturated carbocycles. The number of aromatic nitrogens is 1. The molecule has 1 unspecified atom stereocenters. The first-order valence-corrected chi connectivity index (χ1v) is 9.74. The summed E-state index contributed by atoms with van der Waals surface area (Å²) in [5.41, 5.74) is 2.26. The normalized spacial score (nSPS) is 12.4. The van der Waals surface area contributed by atoms with Crippen LogP contribution in [0.2, 0.25) is 0 Å². The minimum atomic E-state index is -0.202. The van der Waals surface area contributed by atoms with Gasteiger partial charge in [-0.15, -0.1) is 35.3 Å². The van der Waals surface area contributed by atoms with Crippen molar-refractivity contribution in [2.24, 2.45) is 4.99 Å². The molecule has 2 heterocycles. The molecule has 0 saturated heterocycles. The second-order valence-electron chi connectivity index (χ2n) is 6.19. The fourth-order valence-corrected chi connectivity index (χ4v) is 3.20. The van der Waals surface area contributed by atoms with Gasteiger partial charge in [-0.3, -0.25) is 0 Å². The lowest BCUT2D eigenvalue weighted by atomic mass is 10.1. The predicted octanol–water partition coefficient (Wildman–Crippen LogP) is 5.28. The summed E-state index contributed by atoms with van der Waals surface area (Å²) in [6.45, 7) is 6.84. The van der Waals surface area contributed by atoms with Crippen molar-refractivity contribution >= 4 is 41.3 Å². The Hall–Kier alpha value is -1.94. The van der Waals surface area contributed by atoms with Crippen molar-refractivity contribution < 1.29 is 8.81 Å². The maximum atomic E-state index is 13.8. The molecule has 8 heteroatoms. The van der Waals surface area contributed by atoms with Gasteiger partial charge in [0.25, 0.3) is 0 Å². The highest BCUT2D eigenvalue weighted by molar-refractivity contribution is 14.0. The Balaban J connectivity index is 0.00000280. The number of thiophene rings is 1. The van der Waals surface area contributed by atoms with Crippen molar-refractivity contribution in [2.75, 3.05) is 6.54 Å². The van der Waals surface area contributed by atoms with Gasteiger partial charge in [-0.2, -0.15) is 0 Å². The summed E-state index contributed by atoms with van der Waals surface area (Å²) in [4.78, 5) is 10.0. The van der Waals surface area contributed by atoms with E-state index in [9.17, 15) is 4.39 Å². The van der Waals surface area contributed by atoms with Crippen LogP contribution in [0.25, 0.3) is 10.8 Å². The molecule has 1 atom stereocenters. The van der Waals surface area contributed by atoms with Crippen LogP contribution in [-0.4, -0.2) is 17.5 Å². The van der Waals surface area contributed by atoms with Gasteiger partial charge in [0.1, 0.15) is 17.8 Å². The second kappa shape index (κ2) is 10.6. The fraction of sp³-hybridized carbons (Fsp3) is 0.300. The van der Waals surface area contributed by atoms with Gasteiger partial charge < -0.3 is 15.1 Å². The number of aryl methyl sites for hydroxylation is 1. The van der Waals surface area contributed by atoms with Crippen LogP contribution < -0.4 is 10.6 Å². The maximum absolute atomic E-state index is 13.8. The van der Waals surface area contributed by atoms with Crippen LogP contribution in [0.4, 0.5) is 4.39 Å². The molecule has 3 aromatic rings. The van der Waals surface area contributed by atoms with E-state index in [1.165, 1.54) is 0 Å². The number of nitrogens with zero attached hydrogens (tertiary/aromatic N) is 2. The Morgan fingerprint density at radius 2 is 2.18 bits per heavy atom. The molecule has 0 aliphatic rings. The Morgan fingerprint density at radius 3 is 2.86 bits per heavy atom. The summed E-state index contributed by atoms with van der Waals surface area (Å²) < 4.78 is 19.3. The summed E-state index contributed by atoms with van der Waals surface area (Å²) in [6, 6.07) is 9.11. The Kier molecular flexibility index (Phi) is 8.43. The van der Waals surface area contributed by atoms with Crippen molar-refractivity contribution in [3.63, 3.8) is 0 Å². The van der Waals surface area contributed by atoms with E-state index in [-0.39, 0.29) is 35.8 Å². The quantitative estimate of drug-likeness (QED) is 0.267. The van der Waals surface area contributed by atoms with Gasteiger partial charge in [0.15, 0.2) is 5.96 Å². The van der Waals surface area contributed by atoms with E-state index in [0.717, 1.165) is 22.7 Å². The van der Waals surface area contributed by atoms with Crippen LogP contribution >= 0.6 is 35.3 Å². The van der Waals surface area contributed by atoms with E-state index < -0.39 is 0 Å². The highest BCUT2D eigenvalue weighted by Gasteiger charge is 2.11. The number of halogens is 2. The van der Waals surface area contributed by atoms with Gasteiger partial charge in [-0.05, 0) is 49.4 Å². The first kappa shape index (κ1) is 22.4. The monoisotopic (exact) mass is 514 g/mol. The summed E-state index contributed by atoms with van der Waals surface area (Å²) in [6.07, 6.45) is 1.63. The number of rotatable bonds is 6. The molecule has 5 nitrogen and oxygen atoms in total. The highest BCUT2D eigenvalue weighted by Crippen LogP contribution is 2.23. The molecule has 3 rings (SSSR count). The summed E-state index contributed by atoms with van der Waals surface area (Å²) in [5.74, 6) is 1.05. The van der Waals surface area contributed by atoms with Crippen LogP contribution in [0, 0.1) is 12.7 Å². The lowest BCUT2D eigenvalue weighted by Crippen LogP contribution is -2.38. The average Bonchev–Trinajstić information content (AvgIpc) is 3.33. The number of nitrogens with one attached hydrogen (secondary N) is 2. The minimum absolute atomic E-state index is 0. The molecule has 0 spiro atoms. The van der Waals surface area contributed by atoms with Crippen LogP contribution in [-0.2, 0) is 6.54 Å². The van der Waals surface area contributed by atoms with E-state index in [1.807, 2.05) is 37.4 Å². The zero-order chi connectivity index (χ0) is 19.2. The number of aliphatic imine (C=N–C) groups is 1. The van der Waals surface area contributed by atoms with Gasteiger partial charge in [0.05, 0.1) is 17.5 Å². The summed E-state index contributed by atoms with van der Waals surface area (Å²) in [5, 5.41) is 8.49. The van der Waals surface area contributed by atoms with E-state index in [2.05, 4.69) is 20.6 Å². The van der Waals surface area contributed by atoms with E-state index in [1.54, 1.807) is 36.7 Å². The van der Waals surface area contributed by atoms with Gasteiger partial charge in [-0.1, -0.05) is 18.2 Å². The third-order valence-corrected chi connectivity index (χ3v) is 4.93. The molecule has 150 valence electrons. The van der Waals surface area contributed by atoms with E-state index >= 15 is 0 Å². The lowest BCUT2D eigenvalue weighted by molar-refractivity contribution is 0.574. The second-order valence-corrected chi connectivity index (χ2v) is 7.14. The molecular formula is C20H24FIN4OS. The SMILES string of the molecule is CCNC(=NCc1coc(-c2cccs2)n1)NC(C)c1ccc(C)c(F)c1.I. The number of benzene rings is 1. The van der Waals surface area contributed by atoms with Crippen molar-refractivity contribution in [3.05, 3.63) is 64.6 Å². The molecule has 0 aliphatic heterocycles. The first-order valence-electron chi connectivity index (χ1n) is 8.86. The van der Waals surface area contributed by atoms with Crippen molar-refractivity contribution in [1.82, 2.24) is 15.6 Å². The van der Waals surface area contributed by atoms with Crippen LogP contribution in [0.3, 0.4) is 0 Å². The molecule has 2 N–H and O–H groups in total. The van der Waals surface area contributed by atoms with Crippen molar-refractivity contribution in [3.8, 4) is 10.8 Å². The van der Waals surface area contributed by atoms with Gasteiger partial charge in [0, 0.05) is 6.54 Å². The standard InChI is InChI=1S/C20H23FN4OS.HI/c1-4-22-20(24-14(3)15-8-7-13(2)17(21)10-15)23-11-16-12-26-19(25-16)18-6-5-9-27-18;/h5-10,12,14H,4,11H2,1-3H3,(H2,22,23,24);1H. The molecule has 0 aliphatic carbocycles. The molecule has 0 bridgehead atoms. The zero-order valence-electron chi connectivity index (χ0n) is 16.0. The number of hydrogen-bond donors (Lipinski definition) is 2. The first-order chi connectivity index (χ1) is 13.1. The number of oxazole rings is 1. The molecule has 28 heavy (non-hydrogen) atoms. The third kappa shape index (κ3) is 5.78. The van der Waals surface area contributed by atoms with Crippen LogP contribution in [0.5, 0.6) is 0 Å². The molecule has 2 aromatic heterocycles. The third-order valence-electron chi connectivity index (χ3n) is 4.08. The van der Waals surface area contributed by atoms with E-state index in [4.69, 9.17) is 4.42 Å². The molecule has 1 aromatic carbocycles. The number of hydrogen-bond acceptors (Lipinski definition) is 4. The molecule has 0 amide bonds. The maximum Gasteiger partial charge on any atom is 0.236 e. The Labute approximate surface area is 185 Å². The molecule has 0 fully saturated rings. The predicted molar refractivity (Wildman–Crippen MR) is 123 cm³/mol. The lowest BCUT2D eigenvalue weighted by Gasteiger charge is -2.18. The minimum Gasteiger partial charge on any atom is -0.443 e. The van der Waals surface area contributed by atoms with Gasteiger partial charge in [-0.25, -0.2) is 14.4 Å². The molecular weight excluding hydrogens is 490 g/mol. The van der Waals surface area contributed by atoms with Gasteiger partial charge in [0.2, 0.25) is 5.89 Å². The fourth-order valence-electron chi connectivity index (χ4n) is 2.54. The van der Waals surface area contributed by atoms with E-state index in [0.29, 0.717) is 24.0 Å². The van der Waals surface area contributed by atoms with Crippen molar-refractivity contribution in [1.29, 1.82) is 0 Å². The zero-order valence-corrected chi connectivity index (χ0v) is 19.2. The van der Waals surface area contributed by atoms with Gasteiger partial charge >= 0.3 is 0 Å². The summed E-state index contributed by atoms with van der Waals surface area (Å²) >= 11 is 1.58. The Bertz CT molecular complexity index is 911. The highest BCUT2D eigenvalue weighted by atomic mass is 127. The van der Waals surface area contributed by atoms with Crippen LogP contribution in [0.15, 0.2) is 51.4 Å². The van der Waals surface area contributed by atoms with Crippen LogP contribution in [0.1, 0.15) is 36.7 Å². The number of guanidine groups is 1. The largest absolute Gasteiger partial charge is 0.443 e. The topological polar surface area (TPSA) is 62.5 Å². The summed E-state index contributed by atoms with van der Waals surface area (Å²) in [7, 11) is 0. The Morgan fingerprint density at radius 1 is 1.36 bits per heavy atom. The molecule has 0 radical (unpaired) electrons. The average molecular weight is 514 g/mol.